The van der Waals surface area contributed by atoms with Crippen molar-refractivity contribution in [1.29, 1.82) is 0 Å². The topological polar surface area (TPSA) is 84.6 Å². The zero-order chi connectivity index (χ0) is 16.1. The molecule has 1 aromatic heterocycles. The van der Waals surface area contributed by atoms with Gasteiger partial charge in [-0.2, -0.15) is 0 Å². The highest BCUT2D eigenvalue weighted by Gasteiger charge is 2.16. The molecule has 0 radical (unpaired) electrons. The summed E-state index contributed by atoms with van der Waals surface area (Å²) in [5.74, 6) is -2.61. The van der Waals surface area contributed by atoms with Crippen molar-refractivity contribution >= 4 is 5.91 Å². The van der Waals surface area contributed by atoms with Crippen molar-refractivity contribution in [3.63, 3.8) is 0 Å². The molecule has 0 aliphatic carbocycles. The number of aliphatic hydroxyl groups is 1. The van der Waals surface area contributed by atoms with Crippen LogP contribution in [0, 0.1) is 11.6 Å². The average molecular weight is 312 g/mol. The van der Waals surface area contributed by atoms with Crippen LogP contribution in [0.4, 0.5) is 8.78 Å². The normalized spacial score (nSPS) is 12.0. The monoisotopic (exact) mass is 312 g/mol. The van der Waals surface area contributed by atoms with Gasteiger partial charge >= 0.3 is 0 Å². The van der Waals surface area contributed by atoms with Gasteiger partial charge in [-0.3, -0.25) is 4.79 Å². The summed E-state index contributed by atoms with van der Waals surface area (Å²) in [6.45, 7) is 1.11. The lowest BCUT2D eigenvalue weighted by molar-refractivity contribution is 0.0913. The Morgan fingerprint density at radius 3 is 2.77 bits per heavy atom. The lowest BCUT2D eigenvalue weighted by atomic mass is 10.3. The van der Waals surface area contributed by atoms with E-state index in [1.54, 1.807) is 6.92 Å². The number of carbonyl (C=O) groups excluding carboxylic acids is 1. The molecule has 1 aromatic carbocycles. The number of aromatic nitrogens is 1. The number of hydrogen-bond acceptors (Lipinski definition) is 5. The Morgan fingerprint density at radius 2 is 2.14 bits per heavy atom. The number of halogens is 2. The molecule has 2 aromatic rings. The molecule has 0 saturated carbocycles. The Labute approximate surface area is 124 Å². The van der Waals surface area contributed by atoms with E-state index < -0.39 is 29.3 Å². The molecule has 1 amide bonds. The lowest BCUT2D eigenvalue weighted by Crippen LogP contribution is -2.35. The van der Waals surface area contributed by atoms with Crippen LogP contribution in [0.25, 0.3) is 0 Å². The number of hydrogen-bond donors (Lipinski definition) is 2. The third-order valence-electron chi connectivity index (χ3n) is 2.72. The van der Waals surface area contributed by atoms with Crippen molar-refractivity contribution in [2.24, 2.45) is 0 Å². The molecule has 0 saturated heterocycles. The van der Waals surface area contributed by atoms with E-state index in [9.17, 15) is 13.6 Å². The minimum atomic E-state index is -0.839. The van der Waals surface area contributed by atoms with Gasteiger partial charge in [0.25, 0.3) is 5.91 Å². The van der Waals surface area contributed by atoms with Crippen LogP contribution in [-0.4, -0.2) is 28.8 Å². The van der Waals surface area contributed by atoms with Crippen LogP contribution >= 0.6 is 0 Å². The largest absolute Gasteiger partial charge is 0.479 e. The number of nitrogens with zero attached hydrogens (tertiary/aromatic N) is 1. The van der Waals surface area contributed by atoms with Crippen molar-refractivity contribution in [3.05, 3.63) is 47.4 Å². The number of rotatable bonds is 6. The number of para-hydroxylation sites is 1. The van der Waals surface area contributed by atoms with Gasteiger partial charge in [-0.25, -0.2) is 8.78 Å². The van der Waals surface area contributed by atoms with E-state index in [0.717, 1.165) is 12.1 Å². The molecule has 6 nitrogen and oxygen atoms in total. The molecule has 1 heterocycles. The van der Waals surface area contributed by atoms with E-state index >= 15 is 0 Å². The summed E-state index contributed by atoms with van der Waals surface area (Å²) < 4.78 is 36.6. The van der Waals surface area contributed by atoms with Crippen molar-refractivity contribution < 1.29 is 27.9 Å². The Morgan fingerprint density at radius 1 is 1.45 bits per heavy atom. The molecular formula is C14H14F2N2O4. The maximum absolute atomic E-state index is 13.4. The van der Waals surface area contributed by atoms with E-state index in [0.29, 0.717) is 0 Å². The molecule has 1 unspecified atom stereocenters. The number of benzene rings is 1. The van der Waals surface area contributed by atoms with Gasteiger partial charge in [0.05, 0.1) is 6.61 Å². The third kappa shape index (κ3) is 3.79. The molecule has 8 heteroatoms. The Balaban J connectivity index is 1.99. The van der Waals surface area contributed by atoms with Gasteiger partial charge in [-0.1, -0.05) is 11.2 Å². The number of nitrogens with one attached hydrogen (secondary N) is 1. The average Bonchev–Trinajstić information content (AvgIpc) is 2.95. The van der Waals surface area contributed by atoms with Crippen LogP contribution in [-0.2, 0) is 6.61 Å². The minimum absolute atomic E-state index is 0.0205. The van der Waals surface area contributed by atoms with Gasteiger partial charge in [0.15, 0.2) is 28.8 Å². The molecule has 0 fully saturated rings. The van der Waals surface area contributed by atoms with E-state index in [4.69, 9.17) is 14.4 Å². The zero-order valence-electron chi connectivity index (χ0n) is 11.7. The van der Waals surface area contributed by atoms with Crippen molar-refractivity contribution in [3.8, 4) is 5.75 Å². The molecule has 2 N–H and O–H groups in total. The van der Waals surface area contributed by atoms with Crippen LogP contribution in [0.5, 0.6) is 5.75 Å². The SMILES string of the molecule is CC(CO)NC(=O)c1cc(COc2c(F)cccc2F)on1. The highest BCUT2D eigenvalue weighted by molar-refractivity contribution is 5.92. The van der Waals surface area contributed by atoms with E-state index in [2.05, 4.69) is 10.5 Å². The second-order valence-electron chi connectivity index (χ2n) is 4.58. The van der Waals surface area contributed by atoms with Gasteiger partial charge in [0.2, 0.25) is 0 Å². The molecule has 22 heavy (non-hydrogen) atoms. The van der Waals surface area contributed by atoms with Crippen LogP contribution < -0.4 is 10.1 Å². The summed E-state index contributed by atoms with van der Waals surface area (Å²) in [5, 5.41) is 14.9. The fourth-order valence-corrected chi connectivity index (χ4v) is 1.60. The highest BCUT2D eigenvalue weighted by Crippen LogP contribution is 2.22. The second kappa shape index (κ2) is 6.99. The Kier molecular flexibility index (Phi) is 5.05. The Bertz CT molecular complexity index is 640. The fourth-order valence-electron chi connectivity index (χ4n) is 1.60. The molecule has 2 rings (SSSR count). The summed E-state index contributed by atoms with van der Waals surface area (Å²) >= 11 is 0. The fraction of sp³-hybridized carbons (Fsp3) is 0.286. The summed E-state index contributed by atoms with van der Waals surface area (Å²) in [6, 6.07) is 4.20. The van der Waals surface area contributed by atoms with Crippen LogP contribution in [0.1, 0.15) is 23.2 Å². The maximum atomic E-state index is 13.4. The first-order valence-electron chi connectivity index (χ1n) is 6.45. The summed E-state index contributed by atoms with van der Waals surface area (Å²) in [5.41, 5.74) is -0.0205. The predicted molar refractivity (Wildman–Crippen MR) is 71.2 cm³/mol. The number of carbonyl (C=O) groups is 1. The minimum Gasteiger partial charge on any atom is -0.479 e. The summed E-state index contributed by atoms with van der Waals surface area (Å²) in [6.07, 6.45) is 0. The van der Waals surface area contributed by atoms with Gasteiger partial charge in [0, 0.05) is 12.1 Å². The van der Waals surface area contributed by atoms with Gasteiger partial charge < -0.3 is 19.7 Å². The van der Waals surface area contributed by atoms with Crippen molar-refractivity contribution in [2.45, 2.75) is 19.6 Å². The lowest BCUT2D eigenvalue weighted by Gasteiger charge is -2.08. The summed E-state index contributed by atoms with van der Waals surface area (Å²) in [4.78, 5) is 11.7. The molecule has 118 valence electrons. The second-order valence-corrected chi connectivity index (χ2v) is 4.58. The van der Waals surface area contributed by atoms with Crippen LogP contribution in [0.2, 0.25) is 0 Å². The van der Waals surface area contributed by atoms with Crippen molar-refractivity contribution in [2.75, 3.05) is 6.61 Å². The quantitative estimate of drug-likeness (QED) is 0.847. The molecule has 0 bridgehead atoms. The maximum Gasteiger partial charge on any atom is 0.273 e. The van der Waals surface area contributed by atoms with E-state index in [-0.39, 0.29) is 24.7 Å². The first-order valence-corrected chi connectivity index (χ1v) is 6.45. The number of ether oxygens (including phenoxy) is 1. The zero-order valence-corrected chi connectivity index (χ0v) is 11.7. The van der Waals surface area contributed by atoms with E-state index in [1.165, 1.54) is 12.1 Å². The smallest absolute Gasteiger partial charge is 0.273 e. The van der Waals surface area contributed by atoms with Gasteiger partial charge in [-0.15, -0.1) is 0 Å². The third-order valence-corrected chi connectivity index (χ3v) is 2.72. The predicted octanol–water partition coefficient (Wildman–Crippen LogP) is 1.64. The van der Waals surface area contributed by atoms with Gasteiger partial charge in [-0.05, 0) is 19.1 Å². The van der Waals surface area contributed by atoms with Crippen LogP contribution in [0.3, 0.4) is 0 Å². The van der Waals surface area contributed by atoms with E-state index in [1.807, 2.05) is 0 Å². The molecule has 0 aliphatic rings. The standard InChI is InChI=1S/C14H14F2N2O4/c1-8(6-19)17-14(20)12-5-9(22-18-12)7-21-13-10(15)3-2-4-11(13)16/h2-5,8,19H,6-7H2,1H3,(H,17,20). The number of amides is 1. The number of aliphatic hydroxyl groups excluding tert-OH is 1. The molecule has 0 aliphatic heterocycles. The molecule has 0 spiro atoms. The molecular weight excluding hydrogens is 298 g/mol. The van der Waals surface area contributed by atoms with Gasteiger partial charge in [0.1, 0.15) is 6.61 Å². The molecule has 1 atom stereocenters. The first kappa shape index (κ1) is 15.9. The summed E-state index contributed by atoms with van der Waals surface area (Å²) in [7, 11) is 0. The highest BCUT2D eigenvalue weighted by atomic mass is 19.1. The van der Waals surface area contributed by atoms with Crippen LogP contribution in [0.15, 0.2) is 28.8 Å². The Hall–Kier alpha value is -2.48. The van der Waals surface area contributed by atoms with Crippen molar-refractivity contribution in [1.82, 2.24) is 10.5 Å². The first-order chi connectivity index (χ1) is 10.5.